The summed E-state index contributed by atoms with van der Waals surface area (Å²) in [6.07, 6.45) is 0. The summed E-state index contributed by atoms with van der Waals surface area (Å²) < 4.78 is 5.18. The summed E-state index contributed by atoms with van der Waals surface area (Å²) in [6.45, 7) is 9.18. The quantitative estimate of drug-likeness (QED) is 0.750. The molecule has 1 aromatic heterocycles. The fraction of sp³-hybridized carbons (Fsp3) is 0.667. The Hall–Kier alpha value is -2.12. The Morgan fingerprint density at radius 3 is 2.50 bits per heavy atom. The Bertz CT molecular complexity index is 450. The van der Waals surface area contributed by atoms with Crippen molar-refractivity contribution in [3.63, 3.8) is 0 Å². The number of nitrogens with zero attached hydrogens (tertiary/aromatic N) is 4. The predicted molar refractivity (Wildman–Crippen MR) is 76.4 cm³/mol. The number of nitrogen functional groups attached to an aromatic ring is 1. The molecule has 1 heterocycles. The Morgan fingerprint density at radius 2 is 1.95 bits per heavy atom. The maximum Gasteiger partial charge on any atom is 0.323 e. The van der Waals surface area contributed by atoms with Gasteiger partial charge < -0.3 is 20.7 Å². The maximum atomic E-state index is 12.1. The standard InChI is InChI=1S/C12H22N6O2/c1-5-18(6-2)9(19)8(4)14-11-15-10(13)16-12(17-11)20-7-3/h8H,5-7H2,1-4H3,(H3,13,14,15,16,17). The molecule has 1 rings (SSSR count). The molecule has 3 N–H and O–H groups in total. The summed E-state index contributed by atoms with van der Waals surface area (Å²) in [7, 11) is 0. The number of carbonyl (C=O) groups excluding carboxylic acids is 1. The minimum absolute atomic E-state index is 0.0213. The van der Waals surface area contributed by atoms with Crippen LogP contribution < -0.4 is 15.8 Å². The van der Waals surface area contributed by atoms with E-state index in [1.54, 1.807) is 11.8 Å². The van der Waals surface area contributed by atoms with Gasteiger partial charge >= 0.3 is 6.01 Å². The second-order valence-corrected chi connectivity index (χ2v) is 4.11. The van der Waals surface area contributed by atoms with Gasteiger partial charge in [-0.05, 0) is 27.7 Å². The van der Waals surface area contributed by atoms with Crippen LogP contribution in [-0.4, -0.2) is 51.5 Å². The molecule has 0 fully saturated rings. The number of amides is 1. The molecule has 20 heavy (non-hydrogen) atoms. The summed E-state index contributed by atoms with van der Waals surface area (Å²) in [5.41, 5.74) is 5.58. The number of anilines is 2. The SMILES string of the molecule is CCOc1nc(N)nc(NC(C)C(=O)N(CC)CC)n1. The average Bonchev–Trinajstić information content (AvgIpc) is 2.39. The maximum absolute atomic E-state index is 12.1. The van der Waals surface area contributed by atoms with Crippen LogP contribution in [0, 0.1) is 0 Å². The normalized spacial score (nSPS) is 11.8. The molecule has 1 amide bonds. The monoisotopic (exact) mass is 282 g/mol. The van der Waals surface area contributed by atoms with Gasteiger partial charge in [-0.3, -0.25) is 4.79 Å². The molecule has 1 aromatic rings. The molecule has 0 saturated heterocycles. The van der Waals surface area contributed by atoms with Crippen LogP contribution in [0.2, 0.25) is 0 Å². The molecule has 0 aliphatic carbocycles. The minimum atomic E-state index is -0.453. The Kier molecular flexibility index (Phi) is 5.95. The number of likely N-dealkylation sites (N-methyl/N-ethyl adjacent to an activating group) is 1. The minimum Gasteiger partial charge on any atom is -0.464 e. The summed E-state index contributed by atoms with van der Waals surface area (Å²) in [5, 5.41) is 2.92. The Balaban J connectivity index is 2.79. The number of carbonyl (C=O) groups is 1. The van der Waals surface area contributed by atoms with Crippen LogP contribution in [-0.2, 0) is 4.79 Å². The highest BCUT2D eigenvalue weighted by Gasteiger charge is 2.19. The number of nitrogens with two attached hydrogens (primary N) is 1. The summed E-state index contributed by atoms with van der Waals surface area (Å²) >= 11 is 0. The first-order valence-electron chi connectivity index (χ1n) is 6.71. The molecule has 1 unspecified atom stereocenters. The van der Waals surface area contributed by atoms with Crippen molar-refractivity contribution in [3.8, 4) is 6.01 Å². The van der Waals surface area contributed by atoms with Gasteiger partial charge in [0, 0.05) is 13.1 Å². The summed E-state index contributed by atoms with van der Waals surface area (Å²) in [4.78, 5) is 25.7. The lowest BCUT2D eigenvalue weighted by Crippen LogP contribution is -2.41. The zero-order valence-corrected chi connectivity index (χ0v) is 12.4. The number of ether oxygens (including phenoxy) is 1. The van der Waals surface area contributed by atoms with Crippen LogP contribution >= 0.6 is 0 Å². The number of hydrogen-bond acceptors (Lipinski definition) is 7. The fourth-order valence-corrected chi connectivity index (χ4v) is 1.69. The average molecular weight is 282 g/mol. The molecule has 0 spiro atoms. The molecule has 8 heteroatoms. The first-order valence-corrected chi connectivity index (χ1v) is 6.71. The van der Waals surface area contributed by atoms with Crippen molar-refractivity contribution in [3.05, 3.63) is 0 Å². The molecule has 0 bridgehead atoms. The Morgan fingerprint density at radius 1 is 1.30 bits per heavy atom. The van der Waals surface area contributed by atoms with Gasteiger partial charge in [-0.2, -0.15) is 15.0 Å². The van der Waals surface area contributed by atoms with Crippen LogP contribution in [0.25, 0.3) is 0 Å². The topological polar surface area (TPSA) is 106 Å². The number of nitrogens with one attached hydrogen (secondary N) is 1. The van der Waals surface area contributed by atoms with Crippen molar-refractivity contribution < 1.29 is 9.53 Å². The highest BCUT2D eigenvalue weighted by Crippen LogP contribution is 2.10. The van der Waals surface area contributed by atoms with Crippen molar-refractivity contribution in [2.45, 2.75) is 33.7 Å². The highest BCUT2D eigenvalue weighted by atomic mass is 16.5. The number of rotatable bonds is 7. The lowest BCUT2D eigenvalue weighted by atomic mass is 10.3. The van der Waals surface area contributed by atoms with E-state index in [0.717, 1.165) is 0 Å². The molecular formula is C12H22N6O2. The van der Waals surface area contributed by atoms with Gasteiger partial charge in [-0.1, -0.05) is 0 Å². The van der Waals surface area contributed by atoms with Crippen LogP contribution in [0.1, 0.15) is 27.7 Å². The van der Waals surface area contributed by atoms with Crippen LogP contribution in [0.4, 0.5) is 11.9 Å². The third-order valence-corrected chi connectivity index (χ3v) is 2.70. The van der Waals surface area contributed by atoms with E-state index in [4.69, 9.17) is 10.5 Å². The third-order valence-electron chi connectivity index (χ3n) is 2.70. The van der Waals surface area contributed by atoms with Gasteiger partial charge in [-0.25, -0.2) is 0 Å². The van der Waals surface area contributed by atoms with Gasteiger partial charge in [0.2, 0.25) is 17.8 Å². The van der Waals surface area contributed by atoms with Crippen molar-refractivity contribution in [1.29, 1.82) is 0 Å². The lowest BCUT2D eigenvalue weighted by molar-refractivity contribution is -0.131. The van der Waals surface area contributed by atoms with Crippen molar-refractivity contribution in [2.75, 3.05) is 30.7 Å². The predicted octanol–water partition coefficient (Wildman–Crippen LogP) is 0.521. The van der Waals surface area contributed by atoms with Crippen molar-refractivity contribution in [1.82, 2.24) is 19.9 Å². The first-order chi connectivity index (χ1) is 9.51. The van der Waals surface area contributed by atoms with Gasteiger partial charge in [0.15, 0.2) is 0 Å². The second-order valence-electron chi connectivity index (χ2n) is 4.11. The zero-order chi connectivity index (χ0) is 15.1. The van der Waals surface area contributed by atoms with E-state index in [0.29, 0.717) is 19.7 Å². The molecular weight excluding hydrogens is 260 g/mol. The molecule has 8 nitrogen and oxygen atoms in total. The van der Waals surface area contributed by atoms with E-state index in [2.05, 4.69) is 20.3 Å². The lowest BCUT2D eigenvalue weighted by Gasteiger charge is -2.23. The van der Waals surface area contributed by atoms with Gasteiger partial charge in [0.05, 0.1) is 6.61 Å². The zero-order valence-electron chi connectivity index (χ0n) is 12.4. The number of hydrogen-bond donors (Lipinski definition) is 2. The van der Waals surface area contributed by atoms with E-state index in [1.807, 2.05) is 20.8 Å². The second kappa shape index (κ2) is 7.46. The van der Waals surface area contributed by atoms with Crippen LogP contribution in [0.3, 0.4) is 0 Å². The number of aromatic nitrogens is 3. The van der Waals surface area contributed by atoms with Crippen LogP contribution in [0.15, 0.2) is 0 Å². The smallest absolute Gasteiger partial charge is 0.323 e. The van der Waals surface area contributed by atoms with E-state index < -0.39 is 6.04 Å². The molecule has 1 atom stereocenters. The molecule has 0 aromatic carbocycles. The first kappa shape index (κ1) is 15.9. The van der Waals surface area contributed by atoms with Gasteiger partial charge in [0.1, 0.15) is 6.04 Å². The third kappa shape index (κ3) is 4.22. The molecule has 112 valence electrons. The van der Waals surface area contributed by atoms with Crippen LogP contribution in [0.5, 0.6) is 6.01 Å². The van der Waals surface area contributed by atoms with Gasteiger partial charge in [0.25, 0.3) is 0 Å². The van der Waals surface area contributed by atoms with Crippen molar-refractivity contribution in [2.24, 2.45) is 0 Å². The molecule has 0 saturated carbocycles. The fourth-order valence-electron chi connectivity index (χ4n) is 1.69. The molecule has 0 aliphatic rings. The molecule has 0 radical (unpaired) electrons. The molecule has 0 aliphatic heterocycles. The summed E-state index contributed by atoms with van der Waals surface area (Å²) in [5.74, 6) is 0.259. The largest absolute Gasteiger partial charge is 0.464 e. The van der Waals surface area contributed by atoms with E-state index in [1.165, 1.54) is 0 Å². The van der Waals surface area contributed by atoms with E-state index in [9.17, 15) is 4.79 Å². The van der Waals surface area contributed by atoms with Gasteiger partial charge in [-0.15, -0.1) is 0 Å². The van der Waals surface area contributed by atoms with E-state index in [-0.39, 0.29) is 23.8 Å². The van der Waals surface area contributed by atoms with E-state index >= 15 is 0 Å². The summed E-state index contributed by atoms with van der Waals surface area (Å²) in [6, 6.07) is -0.309. The Labute approximate surface area is 118 Å². The highest BCUT2D eigenvalue weighted by molar-refractivity contribution is 5.83. The van der Waals surface area contributed by atoms with Crippen molar-refractivity contribution >= 4 is 17.8 Å².